The topological polar surface area (TPSA) is 237 Å². The number of rotatable bonds is 0. The lowest BCUT2D eigenvalue weighted by atomic mass is 11.0. The Morgan fingerprint density at radius 1 is 0.526 bits per heavy atom. The molecule has 122 valence electrons. The highest BCUT2D eigenvalue weighted by Gasteiger charge is 2.01. The minimum atomic E-state index is -4.64. The number of hydrogen-bond donors (Lipinski definition) is 9. The van der Waals surface area contributed by atoms with Crippen molar-refractivity contribution >= 4 is 23.5 Å². The van der Waals surface area contributed by atoms with Gasteiger partial charge in [0.05, 0.1) is 0 Å². The highest BCUT2D eigenvalue weighted by atomic mass is 31.2. The van der Waals surface area contributed by atoms with E-state index in [0.29, 0.717) is 0 Å². The minimum absolute atomic E-state index is 2.00. The molecule has 0 aliphatic rings. The molecule has 0 heterocycles. The Morgan fingerprint density at radius 3 is 0.526 bits per heavy atom. The largest absolute Gasteiger partial charge is 0.466 e. The van der Waals surface area contributed by atoms with Crippen LogP contribution in [0.4, 0.5) is 0 Å². The van der Waals surface area contributed by atoms with Gasteiger partial charge in [-0.25, -0.2) is 13.7 Å². The van der Waals surface area contributed by atoms with Crippen LogP contribution < -0.4 is 0 Å². The van der Waals surface area contributed by atoms with Gasteiger partial charge in [-0.15, -0.1) is 0 Å². The van der Waals surface area contributed by atoms with Gasteiger partial charge in [0.1, 0.15) is 0 Å². The summed E-state index contributed by atoms with van der Waals surface area (Å²) >= 11 is 0. The Bertz CT molecular complexity index is 248. The fraction of sp³-hybridized carbons (Fsp3) is 1.00. The summed E-state index contributed by atoms with van der Waals surface area (Å²) < 4.78 is 26.6. The summed E-state index contributed by atoms with van der Waals surface area (Å²) in [5, 5.41) is 0. The maximum Gasteiger partial charge on any atom is 0.466 e. The Balaban J connectivity index is -0.0000000793. The predicted octanol–water partition coefficient (Wildman–Crippen LogP) is -2.61. The molecule has 0 aliphatic heterocycles. The summed E-state index contributed by atoms with van der Waals surface area (Å²) in [5.74, 6) is 0. The van der Waals surface area contributed by atoms with Gasteiger partial charge in [-0.2, -0.15) is 0 Å². The minimum Gasteiger partial charge on any atom is -0.312 e. The first-order chi connectivity index (χ1) is 7.73. The molecule has 0 aliphatic carbocycles. The standard InChI is InChI=1S/C3H9N.3H3O4P/c1-4(2)3;3*1-5(2,3)4/h1-3H3;3*(H3,1,2,3,4). The van der Waals surface area contributed by atoms with E-state index < -0.39 is 23.5 Å². The number of phosphoric acid groups is 3. The summed E-state index contributed by atoms with van der Waals surface area (Å²) in [6.07, 6.45) is 0. The van der Waals surface area contributed by atoms with Crippen molar-refractivity contribution in [3.8, 4) is 0 Å². The molecule has 0 radical (unpaired) electrons. The van der Waals surface area contributed by atoms with Crippen molar-refractivity contribution < 1.29 is 57.7 Å². The van der Waals surface area contributed by atoms with Crippen LogP contribution in [0, 0.1) is 0 Å². The smallest absolute Gasteiger partial charge is 0.312 e. The van der Waals surface area contributed by atoms with Crippen LogP contribution in [0.1, 0.15) is 0 Å². The van der Waals surface area contributed by atoms with Crippen molar-refractivity contribution in [2.24, 2.45) is 0 Å². The molecule has 0 saturated carbocycles. The zero-order valence-corrected chi connectivity index (χ0v) is 12.7. The van der Waals surface area contributed by atoms with E-state index in [1.807, 2.05) is 26.0 Å². The van der Waals surface area contributed by atoms with Gasteiger partial charge in [0.15, 0.2) is 0 Å². The quantitative estimate of drug-likeness (QED) is 0.203. The Kier molecular flexibility index (Phi) is 17.5. The summed E-state index contributed by atoms with van der Waals surface area (Å²) in [6, 6.07) is 0. The molecule has 9 N–H and O–H groups in total. The highest BCUT2D eigenvalue weighted by Crippen LogP contribution is 2.26. The first-order valence-electron chi connectivity index (χ1n) is 3.69. The first kappa shape index (κ1) is 27.6. The summed E-state index contributed by atoms with van der Waals surface area (Å²) in [7, 11) is -7.92. The van der Waals surface area contributed by atoms with Crippen molar-refractivity contribution in [2.45, 2.75) is 0 Å². The Labute approximate surface area is 108 Å². The predicted molar refractivity (Wildman–Crippen MR) is 62.4 cm³/mol. The number of hydrogen-bond acceptors (Lipinski definition) is 4. The SMILES string of the molecule is CN(C)C.O=P(O)(O)O.O=P(O)(O)O.O=P(O)(O)O. The molecule has 0 bridgehead atoms. The second-order valence-electron chi connectivity index (χ2n) is 2.88. The lowest BCUT2D eigenvalue weighted by molar-refractivity contribution is 0.272. The van der Waals surface area contributed by atoms with E-state index in [1.165, 1.54) is 0 Å². The van der Waals surface area contributed by atoms with E-state index in [0.717, 1.165) is 0 Å². The molecule has 13 nitrogen and oxygen atoms in total. The van der Waals surface area contributed by atoms with Crippen molar-refractivity contribution in [3.63, 3.8) is 0 Å². The van der Waals surface area contributed by atoms with Crippen LogP contribution in [0.25, 0.3) is 0 Å². The molecule has 0 aromatic carbocycles. The summed E-state index contributed by atoms with van der Waals surface area (Å²) in [6.45, 7) is 0. The fourth-order valence-electron chi connectivity index (χ4n) is 0. The molecule has 0 atom stereocenters. The van der Waals surface area contributed by atoms with E-state index >= 15 is 0 Å². The normalized spacial score (nSPS) is 11.2. The van der Waals surface area contributed by atoms with Crippen LogP contribution in [0.3, 0.4) is 0 Å². The average Bonchev–Trinajstić information content (AvgIpc) is 1.66. The van der Waals surface area contributed by atoms with E-state index in [1.54, 1.807) is 0 Å². The molecule has 0 rings (SSSR count). The Morgan fingerprint density at radius 2 is 0.526 bits per heavy atom. The van der Waals surface area contributed by atoms with E-state index in [2.05, 4.69) is 0 Å². The van der Waals surface area contributed by atoms with Crippen molar-refractivity contribution in [3.05, 3.63) is 0 Å². The molecule has 0 unspecified atom stereocenters. The van der Waals surface area contributed by atoms with Crippen LogP contribution >= 0.6 is 23.5 Å². The van der Waals surface area contributed by atoms with Gasteiger partial charge in [-0.1, -0.05) is 0 Å². The Hall–Kier alpha value is 0.290. The zero-order chi connectivity index (χ0) is 17.1. The maximum absolute atomic E-state index is 8.88. The van der Waals surface area contributed by atoms with E-state index in [-0.39, 0.29) is 0 Å². The van der Waals surface area contributed by atoms with Crippen LogP contribution in [-0.4, -0.2) is 70.1 Å². The van der Waals surface area contributed by atoms with E-state index in [4.69, 9.17) is 57.7 Å². The third-order valence-electron chi connectivity index (χ3n) is 0. The van der Waals surface area contributed by atoms with Gasteiger partial charge in [-0.05, 0) is 21.1 Å². The lowest BCUT2D eigenvalue weighted by Gasteiger charge is -1.90. The van der Waals surface area contributed by atoms with Crippen LogP contribution in [0.5, 0.6) is 0 Å². The molecule has 0 spiro atoms. The molecule has 0 aromatic heterocycles. The monoisotopic (exact) mass is 353 g/mol. The van der Waals surface area contributed by atoms with Gasteiger partial charge < -0.3 is 48.9 Å². The third kappa shape index (κ3) is 57700. The molecule has 0 amide bonds. The second-order valence-corrected chi connectivity index (χ2v) is 5.96. The second kappa shape index (κ2) is 12.1. The first-order valence-corrected chi connectivity index (χ1v) is 8.38. The maximum atomic E-state index is 8.88. The molecule has 0 aromatic rings. The molecular formula is C3H18NO12P3. The molecular weight excluding hydrogens is 335 g/mol. The molecule has 16 heteroatoms. The van der Waals surface area contributed by atoms with Crippen molar-refractivity contribution in [2.75, 3.05) is 21.1 Å². The van der Waals surface area contributed by atoms with Gasteiger partial charge in [0.2, 0.25) is 0 Å². The third-order valence-corrected chi connectivity index (χ3v) is 0. The fourth-order valence-corrected chi connectivity index (χ4v) is 0. The van der Waals surface area contributed by atoms with Gasteiger partial charge in [0, 0.05) is 0 Å². The van der Waals surface area contributed by atoms with Crippen molar-refractivity contribution in [1.29, 1.82) is 0 Å². The van der Waals surface area contributed by atoms with Gasteiger partial charge in [0.25, 0.3) is 0 Å². The molecule has 0 saturated heterocycles. The van der Waals surface area contributed by atoms with Crippen LogP contribution in [0.15, 0.2) is 0 Å². The summed E-state index contributed by atoms with van der Waals surface area (Å²) in [5.41, 5.74) is 0. The van der Waals surface area contributed by atoms with Gasteiger partial charge in [-0.3, -0.25) is 0 Å². The highest BCUT2D eigenvalue weighted by molar-refractivity contribution is 7.45. The van der Waals surface area contributed by atoms with Crippen LogP contribution in [-0.2, 0) is 13.7 Å². The van der Waals surface area contributed by atoms with E-state index in [9.17, 15) is 0 Å². The summed E-state index contributed by atoms with van der Waals surface area (Å²) in [4.78, 5) is 66.7. The van der Waals surface area contributed by atoms with Crippen LogP contribution in [0.2, 0.25) is 0 Å². The lowest BCUT2D eigenvalue weighted by Crippen LogP contribution is -1.99. The zero-order valence-electron chi connectivity index (χ0n) is 10.0. The average molecular weight is 353 g/mol. The number of nitrogens with zero attached hydrogens (tertiary/aromatic N) is 1. The van der Waals surface area contributed by atoms with Gasteiger partial charge >= 0.3 is 23.5 Å². The molecule has 0 fully saturated rings. The van der Waals surface area contributed by atoms with Crippen molar-refractivity contribution in [1.82, 2.24) is 4.90 Å². The molecule has 19 heavy (non-hydrogen) atoms.